The van der Waals surface area contributed by atoms with E-state index in [0.29, 0.717) is 36.4 Å². The van der Waals surface area contributed by atoms with Crippen molar-refractivity contribution in [2.75, 3.05) is 19.5 Å². The van der Waals surface area contributed by atoms with Gasteiger partial charge in [-0.05, 0) is 49.8 Å². The van der Waals surface area contributed by atoms with Gasteiger partial charge < -0.3 is 14.8 Å². The minimum absolute atomic E-state index is 0.0455. The molecule has 0 aliphatic heterocycles. The number of nitrogens with zero attached hydrogens (tertiary/aromatic N) is 3. The molecule has 8 nitrogen and oxygen atoms in total. The number of aryl methyl sites for hydroxylation is 1. The molecule has 3 aromatic rings. The predicted octanol–water partition coefficient (Wildman–Crippen LogP) is 3.85. The van der Waals surface area contributed by atoms with Gasteiger partial charge in [-0.2, -0.15) is 10.2 Å². The zero-order valence-electron chi connectivity index (χ0n) is 18.4. The first-order chi connectivity index (χ1) is 15.5. The molecule has 9 heteroatoms. The van der Waals surface area contributed by atoms with Crippen molar-refractivity contribution in [3.63, 3.8) is 0 Å². The summed E-state index contributed by atoms with van der Waals surface area (Å²) in [5.41, 5.74) is 4.65. The lowest BCUT2D eigenvalue weighted by Crippen LogP contribution is -2.15. The topological polar surface area (TPSA) is 94.1 Å². The van der Waals surface area contributed by atoms with Crippen LogP contribution in [0.3, 0.4) is 0 Å². The second-order valence-corrected chi connectivity index (χ2v) is 7.62. The molecule has 0 saturated carbocycles. The molecule has 1 aliphatic rings. The van der Waals surface area contributed by atoms with Crippen LogP contribution < -0.4 is 14.8 Å². The van der Waals surface area contributed by atoms with E-state index in [2.05, 4.69) is 27.2 Å². The van der Waals surface area contributed by atoms with Gasteiger partial charge in [-0.15, -0.1) is 0 Å². The Kier molecular flexibility index (Phi) is 5.98. The smallest absolute Gasteiger partial charge is 0.247 e. The van der Waals surface area contributed by atoms with E-state index in [-0.39, 0.29) is 23.4 Å². The molecular weight excluding hydrogens is 413 g/mol. The van der Waals surface area contributed by atoms with Gasteiger partial charge in [0.25, 0.3) is 0 Å². The lowest BCUT2D eigenvalue weighted by Gasteiger charge is -2.24. The molecule has 1 aromatic carbocycles. The highest BCUT2D eigenvalue weighted by Crippen LogP contribution is 2.41. The first-order valence-corrected chi connectivity index (χ1v) is 10.5. The molecule has 4 rings (SSSR count). The summed E-state index contributed by atoms with van der Waals surface area (Å²) < 4.78 is 27.3. The molecule has 2 aromatic heterocycles. The number of anilines is 1. The number of carbonyl (C=O) groups is 1. The molecule has 0 spiro atoms. The number of H-pyrrole nitrogens is 1. The van der Waals surface area contributed by atoms with Crippen molar-refractivity contribution in [3.05, 3.63) is 53.6 Å². The lowest BCUT2D eigenvalue weighted by molar-refractivity contribution is -0.111. The average molecular weight is 439 g/mol. The van der Waals surface area contributed by atoms with E-state index in [1.807, 2.05) is 6.92 Å². The molecule has 0 fully saturated rings. The fourth-order valence-corrected chi connectivity index (χ4v) is 4.27. The first-order valence-electron chi connectivity index (χ1n) is 10.5. The van der Waals surface area contributed by atoms with Crippen molar-refractivity contribution in [2.45, 2.75) is 38.6 Å². The maximum absolute atomic E-state index is 15.0. The van der Waals surface area contributed by atoms with E-state index in [1.165, 1.54) is 13.2 Å². The SMILES string of the molecule is C=CC(=O)Nc1cnn(CC)c1-c1n[nH]c2c1CCC(c1cc(OC)cc(OC)c1F)C2. The number of fused-ring (bicyclic) bond motifs is 1. The van der Waals surface area contributed by atoms with Crippen molar-refractivity contribution >= 4 is 11.6 Å². The zero-order chi connectivity index (χ0) is 22.8. The van der Waals surface area contributed by atoms with Crippen LogP contribution in [-0.2, 0) is 24.2 Å². The maximum Gasteiger partial charge on any atom is 0.247 e. The number of rotatable bonds is 7. The fraction of sp³-hybridized carbons (Fsp3) is 0.348. The number of halogens is 1. The van der Waals surface area contributed by atoms with Gasteiger partial charge in [0, 0.05) is 23.9 Å². The highest BCUT2D eigenvalue weighted by Gasteiger charge is 2.30. The number of methoxy groups -OCH3 is 2. The molecule has 2 heterocycles. The van der Waals surface area contributed by atoms with E-state index in [0.717, 1.165) is 29.1 Å². The average Bonchev–Trinajstić information content (AvgIpc) is 3.41. The molecule has 1 unspecified atom stereocenters. The largest absolute Gasteiger partial charge is 0.497 e. The quantitative estimate of drug-likeness (QED) is 0.546. The highest BCUT2D eigenvalue weighted by atomic mass is 19.1. The van der Waals surface area contributed by atoms with Gasteiger partial charge in [-0.25, -0.2) is 4.39 Å². The van der Waals surface area contributed by atoms with Crippen LogP contribution in [0.15, 0.2) is 31.0 Å². The second kappa shape index (κ2) is 8.86. The zero-order valence-corrected chi connectivity index (χ0v) is 18.4. The number of aromatic amines is 1. The summed E-state index contributed by atoms with van der Waals surface area (Å²) in [6.45, 7) is 6.10. The molecule has 1 atom stereocenters. The Balaban J connectivity index is 1.69. The number of nitrogens with one attached hydrogen (secondary N) is 2. The van der Waals surface area contributed by atoms with Crippen LogP contribution in [0.5, 0.6) is 11.5 Å². The summed E-state index contributed by atoms with van der Waals surface area (Å²) in [5.74, 6) is 0.0123. The third kappa shape index (κ3) is 3.74. The van der Waals surface area contributed by atoms with Crippen LogP contribution in [-0.4, -0.2) is 40.1 Å². The Hall–Kier alpha value is -3.62. The third-order valence-corrected chi connectivity index (χ3v) is 5.89. The lowest BCUT2D eigenvalue weighted by atomic mass is 9.81. The molecule has 0 radical (unpaired) electrons. The van der Waals surface area contributed by atoms with Crippen LogP contribution in [0.4, 0.5) is 10.1 Å². The van der Waals surface area contributed by atoms with Crippen LogP contribution in [0.2, 0.25) is 0 Å². The second-order valence-electron chi connectivity index (χ2n) is 7.62. The molecule has 2 N–H and O–H groups in total. The number of ether oxygens (including phenoxy) is 2. The number of aromatic nitrogens is 4. The Labute approximate surface area is 185 Å². The molecule has 32 heavy (non-hydrogen) atoms. The summed E-state index contributed by atoms with van der Waals surface area (Å²) in [6, 6.07) is 3.28. The Morgan fingerprint density at radius 1 is 1.41 bits per heavy atom. The number of amides is 1. The van der Waals surface area contributed by atoms with Crippen molar-refractivity contribution in [3.8, 4) is 22.9 Å². The number of hydrogen-bond acceptors (Lipinski definition) is 5. The summed E-state index contributed by atoms with van der Waals surface area (Å²) >= 11 is 0. The third-order valence-electron chi connectivity index (χ3n) is 5.89. The molecular formula is C23H26FN5O3. The predicted molar refractivity (Wildman–Crippen MR) is 119 cm³/mol. The van der Waals surface area contributed by atoms with Gasteiger partial charge in [0.1, 0.15) is 17.1 Å². The molecule has 0 saturated heterocycles. The van der Waals surface area contributed by atoms with Gasteiger partial charge >= 0.3 is 0 Å². The Morgan fingerprint density at radius 2 is 2.22 bits per heavy atom. The van der Waals surface area contributed by atoms with E-state index in [9.17, 15) is 4.79 Å². The van der Waals surface area contributed by atoms with Crippen molar-refractivity contribution in [1.29, 1.82) is 0 Å². The van der Waals surface area contributed by atoms with E-state index < -0.39 is 0 Å². The van der Waals surface area contributed by atoms with E-state index >= 15 is 4.39 Å². The standard InChI is InChI=1S/C23H26FN5O3/c1-5-20(30)26-18-12-25-29(6-2)23(18)22-15-8-7-13(9-17(15)27-28-22)16-10-14(31-3)11-19(32-4)21(16)24/h5,10-13H,1,6-9H2,2-4H3,(H,26,30)(H,27,28). The van der Waals surface area contributed by atoms with Gasteiger partial charge in [-0.1, -0.05) is 6.58 Å². The van der Waals surface area contributed by atoms with Crippen LogP contribution >= 0.6 is 0 Å². The molecule has 0 bridgehead atoms. The van der Waals surface area contributed by atoms with Gasteiger partial charge in [0.15, 0.2) is 11.6 Å². The molecule has 1 aliphatic carbocycles. The minimum Gasteiger partial charge on any atom is -0.497 e. The Morgan fingerprint density at radius 3 is 2.91 bits per heavy atom. The van der Waals surface area contributed by atoms with Crippen LogP contribution in [0.1, 0.15) is 36.1 Å². The maximum atomic E-state index is 15.0. The van der Waals surface area contributed by atoms with Gasteiger partial charge in [0.05, 0.1) is 26.1 Å². The van der Waals surface area contributed by atoms with Gasteiger partial charge in [0.2, 0.25) is 5.91 Å². The summed E-state index contributed by atoms with van der Waals surface area (Å²) in [6.07, 6.45) is 4.87. The monoisotopic (exact) mass is 439 g/mol. The number of carbonyl (C=O) groups excluding carboxylic acids is 1. The summed E-state index contributed by atoms with van der Waals surface area (Å²) in [4.78, 5) is 11.9. The molecule has 1 amide bonds. The van der Waals surface area contributed by atoms with Gasteiger partial charge in [-0.3, -0.25) is 14.6 Å². The van der Waals surface area contributed by atoms with Crippen molar-refractivity contribution in [1.82, 2.24) is 20.0 Å². The van der Waals surface area contributed by atoms with Crippen molar-refractivity contribution in [2.24, 2.45) is 0 Å². The van der Waals surface area contributed by atoms with Crippen LogP contribution in [0.25, 0.3) is 11.4 Å². The Bertz CT molecular complexity index is 1170. The summed E-state index contributed by atoms with van der Waals surface area (Å²) in [7, 11) is 3.00. The van der Waals surface area contributed by atoms with E-state index in [4.69, 9.17) is 9.47 Å². The first kappa shape index (κ1) is 21.6. The van der Waals surface area contributed by atoms with Crippen LogP contribution in [0, 0.1) is 5.82 Å². The normalized spacial score (nSPS) is 15.2. The highest BCUT2D eigenvalue weighted by molar-refractivity contribution is 6.01. The number of hydrogen-bond donors (Lipinski definition) is 2. The summed E-state index contributed by atoms with van der Waals surface area (Å²) in [5, 5.41) is 14.9. The number of benzene rings is 1. The molecule has 168 valence electrons. The minimum atomic E-state index is -0.361. The fourth-order valence-electron chi connectivity index (χ4n) is 4.27. The van der Waals surface area contributed by atoms with Crippen molar-refractivity contribution < 1.29 is 18.7 Å². The van der Waals surface area contributed by atoms with E-state index in [1.54, 1.807) is 30.1 Å².